The van der Waals surface area contributed by atoms with E-state index in [1.165, 1.54) is 23.6 Å². The van der Waals surface area contributed by atoms with E-state index >= 15 is 0 Å². The second kappa shape index (κ2) is 21.7. The van der Waals surface area contributed by atoms with E-state index < -0.39 is 122 Å². The van der Waals surface area contributed by atoms with Crippen molar-refractivity contribution < 1.29 is 84.7 Å². The molecule has 0 bridgehead atoms. The van der Waals surface area contributed by atoms with Crippen LogP contribution in [0, 0.1) is 16.0 Å². The molecule has 0 spiro atoms. The number of nitro benzene ring substituents is 1. The predicted molar refractivity (Wildman–Crippen MR) is 237 cm³/mol. The van der Waals surface area contributed by atoms with E-state index in [0.29, 0.717) is 0 Å². The molecule has 67 heavy (non-hydrogen) atoms. The summed E-state index contributed by atoms with van der Waals surface area (Å²) >= 11 is 0.723. The van der Waals surface area contributed by atoms with Crippen LogP contribution in [0.1, 0.15) is 5.56 Å². The van der Waals surface area contributed by atoms with Gasteiger partial charge >= 0.3 is 11.7 Å². The molecule has 1 amide bonds. The van der Waals surface area contributed by atoms with Gasteiger partial charge in [0.05, 0.1) is 51.1 Å². The summed E-state index contributed by atoms with van der Waals surface area (Å²) in [6.07, 6.45) is 0.265. The number of phosphoric acid groups is 3. The molecule has 1 aliphatic rings. The van der Waals surface area contributed by atoms with Gasteiger partial charge in [-0.2, -0.15) is 0 Å². The monoisotopic (exact) mass is 1000 g/mol. The van der Waals surface area contributed by atoms with Gasteiger partial charge in [-0.05, 0) is 61.1 Å². The Morgan fingerprint density at radius 1 is 0.716 bits per heavy atom. The summed E-state index contributed by atoms with van der Waals surface area (Å²) in [5.41, 5.74) is 0.393. The minimum Gasteiger partial charge on any atom is -0.756 e. The average molecular weight is 1000 g/mol. The molecule has 5 unspecified atom stereocenters. The second-order valence-corrected chi connectivity index (χ2v) is 20.3. The number of carbonyl (C=O) groups excluding carboxylic acids is 3. The van der Waals surface area contributed by atoms with Crippen LogP contribution < -0.4 is 19.4 Å². The van der Waals surface area contributed by atoms with Crippen molar-refractivity contribution in [3.05, 3.63) is 107 Å². The van der Waals surface area contributed by atoms with Crippen LogP contribution in [0.5, 0.6) is 5.75 Å². The fraction of sp³-hybridized carbons (Fsp3) is 0.310. The number of carbonyl (C=O) groups is 3. The summed E-state index contributed by atoms with van der Waals surface area (Å²) < 4.78 is 69.9. The van der Waals surface area contributed by atoms with Crippen LogP contribution in [0.25, 0.3) is 43.1 Å². The first kappa shape index (κ1) is 50.2. The van der Waals surface area contributed by atoms with Crippen molar-refractivity contribution in [2.24, 2.45) is 5.92 Å². The summed E-state index contributed by atoms with van der Waals surface area (Å²) in [7, 11) is -15.2. The van der Waals surface area contributed by atoms with Gasteiger partial charge in [0.15, 0.2) is 5.78 Å². The molecule has 21 nitrogen and oxygen atoms in total. The van der Waals surface area contributed by atoms with Crippen LogP contribution in [-0.4, -0.2) is 103 Å². The topological polar surface area (TPSA) is 303 Å². The third-order valence-electron chi connectivity index (χ3n) is 10.4. The van der Waals surface area contributed by atoms with Gasteiger partial charge in [0.1, 0.15) is 11.8 Å². The molecule has 6 aromatic carbocycles. The number of para-hydroxylation sites is 2. The Bertz CT molecular complexity index is 2910. The second-order valence-electron chi connectivity index (χ2n) is 14.9. The number of ketones is 1. The van der Waals surface area contributed by atoms with Crippen LogP contribution in [0.2, 0.25) is 0 Å². The average Bonchev–Trinajstić information content (AvgIpc) is 3.56. The van der Waals surface area contributed by atoms with E-state index in [9.17, 15) is 58.0 Å². The fourth-order valence-electron chi connectivity index (χ4n) is 7.55. The zero-order valence-electron chi connectivity index (χ0n) is 35.0. The number of rotatable bonds is 25. The summed E-state index contributed by atoms with van der Waals surface area (Å²) in [4.78, 5) is 85.6. The van der Waals surface area contributed by atoms with E-state index in [0.717, 1.165) is 66.0 Å². The molecule has 0 saturated carbocycles. The number of phosphoric ester groups is 3. The number of thioether (sulfide) groups is 1. The maximum atomic E-state index is 12.7. The molecule has 5 atom stereocenters. The summed E-state index contributed by atoms with van der Waals surface area (Å²) in [5.74, 6) is -3.61. The van der Waals surface area contributed by atoms with Gasteiger partial charge in [-0.1, -0.05) is 78.9 Å². The number of ether oxygens (including phenoxy) is 1. The summed E-state index contributed by atoms with van der Waals surface area (Å²) in [5, 5.41) is 28.7. The van der Waals surface area contributed by atoms with Crippen molar-refractivity contribution in [2.45, 2.75) is 11.7 Å². The lowest BCUT2D eigenvalue weighted by molar-refractivity contribution is -0.385. The number of hydrogen-bond acceptors (Lipinski definition) is 20. The van der Waals surface area contributed by atoms with Gasteiger partial charge < -0.3 is 56.6 Å². The molecule has 1 fully saturated rings. The van der Waals surface area contributed by atoms with Crippen molar-refractivity contribution in [1.82, 2.24) is 4.90 Å². The minimum atomic E-state index is -5.11. The molecule has 0 radical (unpaired) electrons. The highest BCUT2D eigenvalue weighted by molar-refractivity contribution is 8.01. The van der Waals surface area contributed by atoms with Gasteiger partial charge in [0, 0.05) is 24.3 Å². The lowest BCUT2D eigenvalue weighted by atomic mass is 9.87. The molecule has 1 aliphatic heterocycles. The zero-order chi connectivity index (χ0) is 47.9. The lowest BCUT2D eigenvalue weighted by Gasteiger charge is -2.27. The standard InChI is InChI=1S/C42H43N2O19P3S/c45-25-27(22-29-14-15-34-32-10-4-7-28-6-3-9-31(39(28)32)33-11-5-8-30(29)40(33)34)26-62-66(55,56)60-19-18-58-64(51,52)57-16-17-59-65(53,54)61-20-21-67-41-36(46)23-43(42(41)48)24-38(47)63-37-13-2-1-12-35(37)44(49)50/h1-15,27,41,45H,16-26H2,(H,51,52)(H,53,54)(H,55,56)/p-3. The summed E-state index contributed by atoms with van der Waals surface area (Å²) in [6.45, 7) is -5.90. The van der Waals surface area contributed by atoms with Crippen molar-refractivity contribution in [3.63, 3.8) is 0 Å². The molecule has 6 aromatic rings. The molecule has 25 heteroatoms. The molecule has 0 aliphatic carbocycles. The number of aliphatic hydroxyl groups excluding tert-OH is 1. The van der Waals surface area contributed by atoms with Gasteiger partial charge in [-0.3, -0.25) is 33.4 Å². The van der Waals surface area contributed by atoms with E-state index in [-0.39, 0.29) is 17.9 Å². The quantitative estimate of drug-likeness (QED) is 0.00955. The summed E-state index contributed by atoms with van der Waals surface area (Å²) in [6, 6.07) is 27.4. The van der Waals surface area contributed by atoms with E-state index in [1.807, 2.05) is 36.4 Å². The number of likely N-dealkylation sites (tertiary alicyclic amines) is 1. The Morgan fingerprint density at radius 3 is 1.87 bits per heavy atom. The number of amides is 1. The first-order chi connectivity index (χ1) is 32.0. The molecule has 356 valence electrons. The predicted octanol–water partition coefficient (Wildman–Crippen LogP) is 4.42. The smallest absolute Gasteiger partial charge is 0.331 e. The molecular weight excluding hydrogens is 961 g/mol. The van der Waals surface area contributed by atoms with E-state index in [4.69, 9.17) is 13.8 Å². The lowest BCUT2D eigenvalue weighted by Crippen LogP contribution is -2.35. The van der Waals surface area contributed by atoms with Crippen LogP contribution in [-0.2, 0) is 61.6 Å². The van der Waals surface area contributed by atoms with Gasteiger partial charge in [-0.15, -0.1) is 11.8 Å². The fourth-order valence-corrected chi connectivity index (χ4v) is 10.8. The Labute approximate surface area is 385 Å². The number of esters is 1. The van der Waals surface area contributed by atoms with Crippen molar-refractivity contribution in [2.75, 3.05) is 65.1 Å². The molecule has 0 aromatic heterocycles. The number of aliphatic hydroxyl groups is 1. The number of fused-ring (bicyclic) bond motifs is 2. The number of benzene rings is 6. The van der Waals surface area contributed by atoms with Crippen LogP contribution in [0.4, 0.5) is 5.69 Å². The number of nitro groups is 1. The first-order valence-electron chi connectivity index (χ1n) is 20.3. The van der Waals surface area contributed by atoms with Gasteiger partial charge in [-0.25, -0.2) is 4.79 Å². The van der Waals surface area contributed by atoms with Crippen LogP contribution in [0.3, 0.4) is 0 Å². The van der Waals surface area contributed by atoms with Crippen molar-refractivity contribution >= 4 is 102 Å². The molecule has 7 rings (SSSR count). The third kappa shape index (κ3) is 12.5. The highest BCUT2D eigenvalue weighted by Crippen LogP contribution is 2.44. The van der Waals surface area contributed by atoms with E-state index in [1.54, 1.807) is 0 Å². The highest BCUT2D eigenvalue weighted by Gasteiger charge is 2.40. The largest absolute Gasteiger partial charge is 0.756 e. The first-order valence-corrected chi connectivity index (χ1v) is 25.7. The number of hydrogen-bond donors (Lipinski definition) is 1. The van der Waals surface area contributed by atoms with E-state index in [2.05, 4.69) is 48.4 Å². The van der Waals surface area contributed by atoms with Crippen LogP contribution >= 0.6 is 35.2 Å². The Balaban J connectivity index is 0.781. The molecule has 1 saturated heterocycles. The third-order valence-corrected chi connectivity index (χ3v) is 14.6. The highest BCUT2D eigenvalue weighted by atomic mass is 32.2. The SMILES string of the molecule is O=C(CN1CC(=O)C(SCCOP(=O)([O-])OCCOP(=O)([O-])OCCOP(=O)([O-])OCC(CO)Cc2ccc3c4cccc5cccc(c6cccc2c63)c54)C1=O)Oc1ccccc1[N+](=O)[O-]. The van der Waals surface area contributed by atoms with Crippen molar-refractivity contribution in [1.29, 1.82) is 0 Å². The minimum absolute atomic E-state index is 0.210. The number of Topliss-reactive ketones (excluding diaryl/α,β-unsaturated/α-hetero) is 1. The van der Waals surface area contributed by atoms with Crippen molar-refractivity contribution in [3.8, 4) is 5.75 Å². The van der Waals surface area contributed by atoms with Crippen LogP contribution in [0.15, 0.2) is 91.0 Å². The maximum absolute atomic E-state index is 12.7. The number of nitrogens with zero attached hydrogens (tertiary/aromatic N) is 2. The Kier molecular flexibility index (Phi) is 16.2. The Hall–Kier alpha value is -4.73. The normalized spacial score (nSPS) is 17.6. The zero-order valence-corrected chi connectivity index (χ0v) is 38.5. The van der Waals surface area contributed by atoms with Gasteiger partial charge in [0.25, 0.3) is 23.5 Å². The molecule has 1 N–H and O–H groups in total. The Morgan fingerprint density at radius 2 is 1.25 bits per heavy atom. The van der Waals surface area contributed by atoms with Gasteiger partial charge in [0.2, 0.25) is 11.7 Å². The maximum Gasteiger partial charge on any atom is 0.331 e. The molecule has 1 heterocycles. The molecular formula is C42H40N2O19P3S-3.